The number of benzene rings is 1. The van der Waals surface area contributed by atoms with Crippen molar-refractivity contribution in [2.75, 3.05) is 11.9 Å². The van der Waals surface area contributed by atoms with Crippen molar-refractivity contribution in [3.05, 3.63) is 64.1 Å². The van der Waals surface area contributed by atoms with E-state index in [4.69, 9.17) is 5.26 Å². The van der Waals surface area contributed by atoms with Gasteiger partial charge < -0.3 is 10.4 Å². The molecule has 0 radical (unpaired) electrons. The van der Waals surface area contributed by atoms with E-state index in [2.05, 4.69) is 36.4 Å². The lowest BCUT2D eigenvalue weighted by Gasteiger charge is -2.44. The SMILES string of the molecule is N#Cc1cc(Br)cc(-c2ccc(NCC3(c4ncccc4F)CC(F)C3)nn2)c1O. The van der Waals surface area contributed by atoms with Gasteiger partial charge in [0, 0.05) is 28.2 Å². The van der Waals surface area contributed by atoms with Gasteiger partial charge in [0.05, 0.1) is 17.0 Å². The van der Waals surface area contributed by atoms with E-state index >= 15 is 0 Å². The largest absolute Gasteiger partial charge is 0.506 e. The highest BCUT2D eigenvalue weighted by Gasteiger charge is 2.48. The lowest BCUT2D eigenvalue weighted by atomic mass is 9.65. The summed E-state index contributed by atoms with van der Waals surface area (Å²) in [5.41, 5.74) is 0.377. The topological polar surface area (TPSA) is 94.7 Å². The van der Waals surface area contributed by atoms with Crippen molar-refractivity contribution in [1.29, 1.82) is 5.26 Å². The number of aromatic hydroxyl groups is 1. The number of nitrogens with one attached hydrogen (secondary N) is 1. The van der Waals surface area contributed by atoms with Crippen molar-refractivity contribution in [3.63, 3.8) is 0 Å². The van der Waals surface area contributed by atoms with E-state index in [1.54, 1.807) is 18.2 Å². The monoisotopic (exact) mass is 471 g/mol. The lowest BCUT2D eigenvalue weighted by Crippen LogP contribution is -2.49. The molecule has 2 heterocycles. The molecule has 1 fully saturated rings. The molecular formula is C21H16BrF2N5O. The van der Waals surface area contributed by atoms with E-state index in [1.165, 1.54) is 24.4 Å². The second-order valence-electron chi connectivity index (χ2n) is 7.24. The van der Waals surface area contributed by atoms with Crippen LogP contribution in [0, 0.1) is 17.1 Å². The molecule has 1 aliphatic carbocycles. The molecule has 0 unspecified atom stereocenters. The van der Waals surface area contributed by atoms with Crippen LogP contribution in [-0.2, 0) is 5.41 Å². The number of nitriles is 1. The quantitative estimate of drug-likeness (QED) is 0.568. The molecule has 1 aromatic carbocycles. The zero-order valence-corrected chi connectivity index (χ0v) is 17.2. The minimum atomic E-state index is -0.990. The number of halogens is 3. The molecule has 0 spiro atoms. The second kappa shape index (κ2) is 7.95. The van der Waals surface area contributed by atoms with Crippen molar-refractivity contribution in [3.8, 4) is 23.1 Å². The Kier molecular flexibility index (Phi) is 5.35. The van der Waals surface area contributed by atoms with Crippen molar-refractivity contribution < 1.29 is 13.9 Å². The van der Waals surface area contributed by atoms with E-state index < -0.39 is 17.4 Å². The van der Waals surface area contributed by atoms with Gasteiger partial charge in [-0.3, -0.25) is 4.98 Å². The Morgan fingerprint density at radius 1 is 1.27 bits per heavy atom. The Morgan fingerprint density at radius 2 is 2.07 bits per heavy atom. The molecule has 30 heavy (non-hydrogen) atoms. The molecule has 3 aromatic rings. The first-order valence-corrected chi connectivity index (χ1v) is 9.97. The van der Waals surface area contributed by atoms with Crippen LogP contribution in [0.15, 0.2) is 47.1 Å². The summed E-state index contributed by atoms with van der Waals surface area (Å²) in [7, 11) is 0. The Hall–Kier alpha value is -3.12. The molecule has 0 bridgehead atoms. The number of alkyl halides is 1. The summed E-state index contributed by atoms with van der Waals surface area (Å²) < 4.78 is 28.5. The number of pyridine rings is 1. The standard InChI is InChI=1S/C21H16BrF2N5O/c22-13-6-12(10-25)19(30)15(7-13)17-3-4-18(29-28-17)27-11-21(8-14(23)9-21)20-16(24)2-1-5-26-20/h1-7,14,30H,8-9,11H2,(H,27,29). The van der Waals surface area contributed by atoms with Crippen molar-refractivity contribution in [2.24, 2.45) is 0 Å². The molecule has 6 nitrogen and oxygen atoms in total. The van der Waals surface area contributed by atoms with Gasteiger partial charge in [-0.25, -0.2) is 8.78 Å². The van der Waals surface area contributed by atoms with Gasteiger partial charge in [0.2, 0.25) is 0 Å². The summed E-state index contributed by atoms with van der Waals surface area (Å²) >= 11 is 3.30. The number of aromatic nitrogens is 3. The zero-order chi connectivity index (χ0) is 21.3. The zero-order valence-electron chi connectivity index (χ0n) is 15.6. The van der Waals surface area contributed by atoms with E-state index in [9.17, 15) is 13.9 Å². The van der Waals surface area contributed by atoms with Crippen LogP contribution in [0.2, 0.25) is 0 Å². The van der Waals surface area contributed by atoms with Crippen LogP contribution in [0.1, 0.15) is 24.1 Å². The van der Waals surface area contributed by atoms with Gasteiger partial charge in [0.15, 0.2) is 0 Å². The minimum absolute atomic E-state index is 0.119. The molecule has 2 aromatic heterocycles. The van der Waals surface area contributed by atoms with Crippen LogP contribution in [0.5, 0.6) is 5.75 Å². The van der Waals surface area contributed by atoms with Gasteiger partial charge in [0.25, 0.3) is 0 Å². The summed E-state index contributed by atoms with van der Waals surface area (Å²) in [5.74, 6) is -0.207. The fourth-order valence-corrected chi connectivity index (χ4v) is 4.15. The molecule has 9 heteroatoms. The Bertz CT molecular complexity index is 1130. The highest BCUT2D eigenvalue weighted by atomic mass is 79.9. The Morgan fingerprint density at radius 3 is 2.70 bits per heavy atom. The first-order valence-electron chi connectivity index (χ1n) is 9.17. The number of hydrogen-bond acceptors (Lipinski definition) is 6. The fraction of sp³-hybridized carbons (Fsp3) is 0.238. The number of hydrogen-bond donors (Lipinski definition) is 2. The summed E-state index contributed by atoms with van der Waals surface area (Å²) in [4.78, 5) is 4.13. The number of anilines is 1. The average molecular weight is 472 g/mol. The molecule has 0 aliphatic heterocycles. The van der Waals surface area contributed by atoms with E-state index in [0.29, 0.717) is 21.5 Å². The maximum absolute atomic E-state index is 14.2. The molecule has 2 N–H and O–H groups in total. The highest BCUT2D eigenvalue weighted by Crippen LogP contribution is 2.45. The van der Waals surface area contributed by atoms with E-state index in [0.717, 1.165) is 0 Å². The van der Waals surface area contributed by atoms with Gasteiger partial charge in [-0.1, -0.05) is 15.9 Å². The summed E-state index contributed by atoms with van der Waals surface area (Å²) in [6.45, 7) is 0.260. The average Bonchev–Trinajstić information content (AvgIpc) is 2.72. The van der Waals surface area contributed by atoms with E-state index in [1.807, 2.05) is 6.07 Å². The summed E-state index contributed by atoms with van der Waals surface area (Å²) in [6.07, 6.45) is 0.876. The molecular weight excluding hydrogens is 456 g/mol. The third-order valence-electron chi connectivity index (χ3n) is 5.23. The van der Waals surface area contributed by atoms with Crippen LogP contribution < -0.4 is 5.32 Å². The molecule has 1 saturated carbocycles. The number of phenolic OH excluding ortho intramolecular Hbond substituents is 1. The first kappa shape index (κ1) is 20.2. The third-order valence-corrected chi connectivity index (χ3v) is 5.69. The van der Waals surface area contributed by atoms with Crippen LogP contribution >= 0.6 is 15.9 Å². The Labute approximate surface area is 179 Å². The maximum atomic E-state index is 14.2. The third kappa shape index (κ3) is 3.71. The number of phenols is 1. The van der Waals surface area contributed by atoms with Gasteiger partial charge >= 0.3 is 0 Å². The molecule has 1 aliphatic rings. The van der Waals surface area contributed by atoms with Gasteiger partial charge in [-0.2, -0.15) is 5.26 Å². The van der Waals surface area contributed by atoms with Crippen LogP contribution in [-0.4, -0.2) is 33.0 Å². The summed E-state index contributed by atoms with van der Waals surface area (Å²) in [5, 5.41) is 30.7. The molecule has 152 valence electrons. The fourth-order valence-electron chi connectivity index (χ4n) is 3.70. The van der Waals surface area contributed by atoms with Crippen LogP contribution in [0.25, 0.3) is 11.3 Å². The minimum Gasteiger partial charge on any atom is -0.506 e. The van der Waals surface area contributed by atoms with Crippen molar-refractivity contribution in [2.45, 2.75) is 24.4 Å². The van der Waals surface area contributed by atoms with Crippen molar-refractivity contribution >= 4 is 21.7 Å². The molecule has 0 saturated heterocycles. The number of rotatable bonds is 5. The summed E-state index contributed by atoms with van der Waals surface area (Å²) in [6, 6.07) is 11.2. The predicted molar refractivity (Wildman–Crippen MR) is 110 cm³/mol. The van der Waals surface area contributed by atoms with E-state index in [-0.39, 0.29) is 36.4 Å². The number of nitrogens with zero attached hydrogens (tertiary/aromatic N) is 4. The predicted octanol–water partition coefficient (Wildman–Crippen LogP) is 4.50. The normalized spacial score (nSPS) is 20.3. The first-order chi connectivity index (χ1) is 14.4. The lowest BCUT2D eigenvalue weighted by molar-refractivity contribution is 0.0964. The maximum Gasteiger partial charge on any atom is 0.148 e. The van der Waals surface area contributed by atoms with Gasteiger partial charge in [-0.15, -0.1) is 10.2 Å². The highest BCUT2D eigenvalue weighted by molar-refractivity contribution is 9.10. The van der Waals surface area contributed by atoms with Crippen LogP contribution in [0.4, 0.5) is 14.6 Å². The smallest absolute Gasteiger partial charge is 0.148 e. The van der Waals surface area contributed by atoms with Gasteiger partial charge in [-0.05, 0) is 49.2 Å². The van der Waals surface area contributed by atoms with Gasteiger partial charge in [0.1, 0.15) is 29.6 Å². The molecule has 0 atom stereocenters. The Balaban J connectivity index is 1.54. The molecule has 4 rings (SSSR count). The van der Waals surface area contributed by atoms with Crippen molar-refractivity contribution in [1.82, 2.24) is 15.2 Å². The molecule has 0 amide bonds. The van der Waals surface area contributed by atoms with Crippen LogP contribution in [0.3, 0.4) is 0 Å². The second-order valence-corrected chi connectivity index (χ2v) is 8.15.